The fourth-order valence-electron chi connectivity index (χ4n) is 5.02. The molecular formula is C22H25F3N6O3S. The number of rotatable bonds is 3. The molecular weight excluding hydrogens is 485 g/mol. The predicted molar refractivity (Wildman–Crippen MR) is 123 cm³/mol. The van der Waals surface area contributed by atoms with Gasteiger partial charge in [0.25, 0.3) is 0 Å². The van der Waals surface area contributed by atoms with Crippen molar-refractivity contribution in [3.63, 3.8) is 0 Å². The van der Waals surface area contributed by atoms with Gasteiger partial charge in [-0.1, -0.05) is 0 Å². The third kappa shape index (κ3) is 4.33. The molecule has 35 heavy (non-hydrogen) atoms. The molecule has 0 saturated carbocycles. The maximum atomic E-state index is 13.1. The molecule has 0 spiro atoms. The highest BCUT2D eigenvalue weighted by atomic mass is 32.2. The van der Waals surface area contributed by atoms with Gasteiger partial charge in [0.1, 0.15) is 18.1 Å². The van der Waals surface area contributed by atoms with Gasteiger partial charge in [0.2, 0.25) is 10.8 Å². The number of nitrogens with zero attached hydrogens (tertiary/aromatic N) is 5. The van der Waals surface area contributed by atoms with Gasteiger partial charge in [0, 0.05) is 51.5 Å². The Morgan fingerprint density at radius 2 is 2.00 bits per heavy atom. The topological polar surface area (TPSA) is 98.7 Å². The van der Waals surface area contributed by atoms with Gasteiger partial charge in [-0.15, -0.1) is 0 Å². The second-order valence-electron chi connectivity index (χ2n) is 9.13. The molecule has 4 aliphatic heterocycles. The quantitative estimate of drug-likeness (QED) is 0.624. The van der Waals surface area contributed by atoms with Gasteiger partial charge in [-0.2, -0.15) is 18.2 Å². The number of hydrogen-bond acceptors (Lipinski definition) is 9. The molecule has 0 aliphatic carbocycles. The first-order chi connectivity index (χ1) is 16.9. The van der Waals surface area contributed by atoms with Gasteiger partial charge >= 0.3 is 6.18 Å². The van der Waals surface area contributed by atoms with E-state index in [-0.39, 0.29) is 24.4 Å². The number of ether oxygens (including phenoxy) is 2. The minimum absolute atomic E-state index is 0.0987. The Morgan fingerprint density at radius 3 is 2.80 bits per heavy atom. The third-order valence-electron chi connectivity index (χ3n) is 6.87. The molecule has 6 heterocycles. The minimum atomic E-state index is -4.47. The fourth-order valence-corrected chi connectivity index (χ4v) is 6.33. The summed E-state index contributed by atoms with van der Waals surface area (Å²) in [6.07, 6.45) is -1.24. The molecule has 2 saturated heterocycles. The summed E-state index contributed by atoms with van der Waals surface area (Å²) in [5, 5.41) is 3.49. The zero-order valence-corrected chi connectivity index (χ0v) is 19.7. The second kappa shape index (κ2) is 8.86. The van der Waals surface area contributed by atoms with Crippen molar-refractivity contribution in [2.75, 3.05) is 60.3 Å². The highest BCUT2D eigenvalue weighted by molar-refractivity contribution is 7.91. The monoisotopic (exact) mass is 510 g/mol. The van der Waals surface area contributed by atoms with Crippen LogP contribution in [0.4, 0.5) is 30.8 Å². The standard InChI is InChI=1S/C22H25F3N6O3S/c23-22(24,25)13-9-17-20(26-10-13)31-5-4-30(11-15(31)12-34-17)21-28-16-3-8-35(32)18(16)19(29-21)27-14-1-6-33-7-2-14/h9-10,14-15H,1-8,11-12H2,(H,27,28,29)/t15-,35-/m1/s1. The molecule has 0 aromatic carbocycles. The first-order valence-corrected chi connectivity index (χ1v) is 13.0. The van der Waals surface area contributed by atoms with Crippen LogP contribution in [0.25, 0.3) is 0 Å². The van der Waals surface area contributed by atoms with Gasteiger partial charge in [0.05, 0.1) is 11.6 Å². The Morgan fingerprint density at radius 1 is 1.17 bits per heavy atom. The van der Waals surface area contributed by atoms with E-state index in [1.54, 1.807) is 0 Å². The summed E-state index contributed by atoms with van der Waals surface area (Å²) < 4.78 is 63.0. The predicted octanol–water partition coefficient (Wildman–Crippen LogP) is 2.23. The number of piperazine rings is 1. The Kier molecular flexibility index (Phi) is 5.80. The molecule has 9 nitrogen and oxygen atoms in total. The molecule has 2 atom stereocenters. The number of halogens is 3. The Hall–Kier alpha value is -2.51. The van der Waals surface area contributed by atoms with E-state index in [0.29, 0.717) is 67.5 Å². The van der Waals surface area contributed by atoms with Gasteiger partial charge in [-0.05, 0) is 30.1 Å². The van der Waals surface area contributed by atoms with Crippen molar-refractivity contribution >= 4 is 28.8 Å². The smallest absolute Gasteiger partial charge is 0.418 e. The lowest BCUT2D eigenvalue weighted by molar-refractivity contribution is -0.138. The van der Waals surface area contributed by atoms with Crippen molar-refractivity contribution < 1.29 is 27.2 Å². The van der Waals surface area contributed by atoms with Crippen molar-refractivity contribution in [1.82, 2.24) is 15.0 Å². The molecule has 6 rings (SSSR count). The van der Waals surface area contributed by atoms with Crippen molar-refractivity contribution in [1.29, 1.82) is 0 Å². The Labute approximate surface area is 203 Å². The van der Waals surface area contributed by atoms with E-state index in [2.05, 4.69) is 15.2 Å². The van der Waals surface area contributed by atoms with E-state index in [4.69, 9.17) is 19.4 Å². The van der Waals surface area contributed by atoms with Gasteiger partial charge in [-0.25, -0.2) is 9.97 Å². The van der Waals surface area contributed by atoms with Crippen LogP contribution in [-0.2, 0) is 28.5 Å². The molecule has 0 amide bonds. The first-order valence-electron chi connectivity index (χ1n) is 11.7. The van der Waals surface area contributed by atoms with Crippen LogP contribution in [0.15, 0.2) is 17.2 Å². The van der Waals surface area contributed by atoms with E-state index in [1.165, 1.54) is 0 Å². The largest absolute Gasteiger partial charge is 0.611 e. The van der Waals surface area contributed by atoms with Crippen LogP contribution in [0.5, 0.6) is 5.75 Å². The molecule has 2 fully saturated rings. The van der Waals surface area contributed by atoms with Crippen LogP contribution in [0.3, 0.4) is 0 Å². The summed E-state index contributed by atoms with van der Waals surface area (Å²) >= 11 is -1.12. The van der Waals surface area contributed by atoms with E-state index in [1.807, 2.05) is 4.90 Å². The normalized spacial score (nSPS) is 24.5. The van der Waals surface area contributed by atoms with E-state index in [0.717, 1.165) is 30.8 Å². The van der Waals surface area contributed by atoms with Crippen LogP contribution in [0, 0.1) is 0 Å². The van der Waals surface area contributed by atoms with Gasteiger partial charge in [0.15, 0.2) is 17.4 Å². The third-order valence-corrected chi connectivity index (χ3v) is 8.33. The van der Waals surface area contributed by atoms with Crippen LogP contribution in [0.2, 0.25) is 0 Å². The van der Waals surface area contributed by atoms with Crippen molar-refractivity contribution in [3.8, 4) is 5.75 Å². The number of fused-ring (bicyclic) bond motifs is 4. The number of aryl methyl sites for hydroxylation is 1. The number of alkyl halides is 3. The second-order valence-corrected chi connectivity index (χ2v) is 10.6. The molecule has 188 valence electrons. The molecule has 13 heteroatoms. The summed E-state index contributed by atoms with van der Waals surface area (Å²) in [5.74, 6) is 2.34. The molecule has 4 aliphatic rings. The van der Waals surface area contributed by atoms with E-state index >= 15 is 0 Å². The average molecular weight is 511 g/mol. The Bertz CT molecular complexity index is 1120. The average Bonchev–Trinajstić information content (AvgIpc) is 3.24. The summed E-state index contributed by atoms with van der Waals surface area (Å²) in [7, 11) is 0. The Balaban J connectivity index is 1.23. The highest BCUT2D eigenvalue weighted by Crippen LogP contribution is 2.39. The SMILES string of the molecule is [O-][S@+]1CCc2nc(N3CCN4c5ncc(C(F)(F)F)cc5OC[C@H]4C3)nc(NC3CCOCC3)c21. The molecule has 0 bridgehead atoms. The molecule has 0 radical (unpaired) electrons. The zero-order valence-electron chi connectivity index (χ0n) is 18.9. The highest BCUT2D eigenvalue weighted by Gasteiger charge is 2.39. The molecule has 1 N–H and O–H groups in total. The van der Waals surface area contributed by atoms with Crippen LogP contribution >= 0.6 is 0 Å². The van der Waals surface area contributed by atoms with Crippen LogP contribution < -0.4 is 19.9 Å². The van der Waals surface area contributed by atoms with E-state index < -0.39 is 22.9 Å². The summed E-state index contributed by atoms with van der Waals surface area (Å²) in [4.78, 5) is 18.4. The number of hydrogen-bond donors (Lipinski definition) is 1. The molecule has 2 aromatic heterocycles. The van der Waals surface area contributed by atoms with Crippen molar-refractivity contribution in [2.24, 2.45) is 0 Å². The maximum Gasteiger partial charge on any atom is 0.418 e. The maximum absolute atomic E-state index is 13.1. The lowest BCUT2D eigenvalue weighted by Gasteiger charge is -2.44. The fraction of sp³-hybridized carbons (Fsp3) is 0.591. The summed E-state index contributed by atoms with van der Waals surface area (Å²) in [6.45, 7) is 3.29. The molecule has 2 aromatic rings. The number of pyridine rings is 1. The zero-order chi connectivity index (χ0) is 24.2. The van der Waals surface area contributed by atoms with Crippen LogP contribution in [-0.4, -0.2) is 76.8 Å². The minimum Gasteiger partial charge on any atom is -0.611 e. The number of aromatic nitrogens is 3. The first kappa shape index (κ1) is 22.9. The lowest BCUT2D eigenvalue weighted by Crippen LogP contribution is -2.58. The van der Waals surface area contributed by atoms with Gasteiger partial charge in [-0.3, -0.25) is 0 Å². The van der Waals surface area contributed by atoms with Gasteiger partial charge < -0.3 is 29.1 Å². The number of nitrogens with one attached hydrogen (secondary N) is 1. The van der Waals surface area contributed by atoms with E-state index in [9.17, 15) is 17.7 Å². The van der Waals surface area contributed by atoms with Crippen molar-refractivity contribution in [2.45, 2.75) is 42.4 Å². The molecule has 0 unspecified atom stereocenters. The summed E-state index contributed by atoms with van der Waals surface area (Å²) in [6, 6.07) is 1.13. The lowest BCUT2D eigenvalue weighted by atomic mass is 10.1. The number of anilines is 3. The van der Waals surface area contributed by atoms with Crippen molar-refractivity contribution in [3.05, 3.63) is 23.5 Å². The summed E-state index contributed by atoms with van der Waals surface area (Å²) in [5.41, 5.74) is -0.00118. The van der Waals surface area contributed by atoms with Crippen LogP contribution in [0.1, 0.15) is 24.1 Å².